The molecule has 2 aromatic rings. The lowest BCUT2D eigenvalue weighted by Crippen LogP contribution is -2.14. The third kappa shape index (κ3) is 3.09. The Bertz CT molecular complexity index is 537. The molecule has 1 atom stereocenters. The molecule has 1 heterocycles. The van der Waals surface area contributed by atoms with Crippen molar-refractivity contribution in [3.63, 3.8) is 0 Å². The van der Waals surface area contributed by atoms with Gasteiger partial charge in [-0.15, -0.1) is 0 Å². The highest BCUT2D eigenvalue weighted by Crippen LogP contribution is 2.22. The van der Waals surface area contributed by atoms with Crippen LogP contribution in [0.1, 0.15) is 23.4 Å². The normalized spacial score (nSPS) is 12.6. The van der Waals surface area contributed by atoms with Crippen LogP contribution in [-0.2, 0) is 11.2 Å². The molecule has 0 aliphatic heterocycles. The Morgan fingerprint density at radius 3 is 2.95 bits per heavy atom. The van der Waals surface area contributed by atoms with Gasteiger partial charge in [-0.1, -0.05) is 22.8 Å². The number of rotatable bonds is 5. The molecule has 102 valence electrons. The van der Waals surface area contributed by atoms with Crippen LogP contribution in [0.2, 0.25) is 5.02 Å². The molecule has 1 aromatic heterocycles. The van der Waals surface area contributed by atoms with Gasteiger partial charge in [-0.3, -0.25) is 0 Å². The second-order valence-electron chi connectivity index (χ2n) is 3.89. The molecule has 0 bridgehead atoms. The molecule has 2 rings (SSSR count). The number of hydrogen-bond donors (Lipinski definition) is 1. The predicted octanol–water partition coefficient (Wildman–Crippen LogP) is 2.10. The largest absolute Gasteiger partial charge is 0.370 e. The molecule has 7 heteroatoms. The Kier molecular flexibility index (Phi) is 4.47. The summed E-state index contributed by atoms with van der Waals surface area (Å²) in [4.78, 5) is 4.12. The van der Waals surface area contributed by atoms with Gasteiger partial charge in [0.25, 0.3) is 5.89 Å². The minimum Gasteiger partial charge on any atom is -0.370 e. The highest BCUT2D eigenvalue weighted by Gasteiger charge is 2.18. The van der Waals surface area contributed by atoms with Gasteiger partial charge in [-0.05, 0) is 12.1 Å². The molecule has 19 heavy (non-hydrogen) atoms. The summed E-state index contributed by atoms with van der Waals surface area (Å²) < 4.78 is 23.7. The fourth-order valence-electron chi connectivity index (χ4n) is 1.63. The van der Waals surface area contributed by atoms with E-state index in [9.17, 15) is 4.39 Å². The molecule has 0 saturated carbocycles. The third-order valence-electron chi connectivity index (χ3n) is 2.65. The number of halogens is 2. The van der Waals surface area contributed by atoms with E-state index in [-0.39, 0.29) is 18.9 Å². The van der Waals surface area contributed by atoms with E-state index in [4.69, 9.17) is 26.6 Å². The molecule has 5 nitrogen and oxygen atoms in total. The summed E-state index contributed by atoms with van der Waals surface area (Å²) in [6.07, 6.45) is -0.312. The Morgan fingerprint density at radius 1 is 1.53 bits per heavy atom. The fraction of sp³-hybridized carbons (Fsp3) is 0.333. The summed E-state index contributed by atoms with van der Waals surface area (Å²) in [7, 11) is 1.50. The highest BCUT2D eigenvalue weighted by molar-refractivity contribution is 6.31. The number of nitrogens with zero attached hydrogens (tertiary/aromatic N) is 2. The molecule has 0 saturated heterocycles. The van der Waals surface area contributed by atoms with Crippen LogP contribution in [0.5, 0.6) is 0 Å². The lowest BCUT2D eigenvalue weighted by Gasteiger charge is -2.05. The van der Waals surface area contributed by atoms with E-state index in [1.165, 1.54) is 19.2 Å². The third-order valence-corrected chi connectivity index (χ3v) is 3.01. The van der Waals surface area contributed by atoms with Gasteiger partial charge in [0.15, 0.2) is 5.82 Å². The summed E-state index contributed by atoms with van der Waals surface area (Å²) in [5.74, 6) is 0.200. The predicted molar refractivity (Wildman–Crippen MR) is 67.3 cm³/mol. The van der Waals surface area contributed by atoms with Crippen LogP contribution in [0.25, 0.3) is 0 Å². The molecule has 1 unspecified atom stereocenters. The van der Waals surface area contributed by atoms with Gasteiger partial charge in [0.1, 0.15) is 11.9 Å². The van der Waals surface area contributed by atoms with Gasteiger partial charge in [0.05, 0.1) is 0 Å². The van der Waals surface area contributed by atoms with Crippen molar-refractivity contribution in [2.75, 3.05) is 13.7 Å². The van der Waals surface area contributed by atoms with Crippen LogP contribution in [0.3, 0.4) is 0 Å². The van der Waals surface area contributed by atoms with Crippen molar-refractivity contribution >= 4 is 11.6 Å². The van der Waals surface area contributed by atoms with Crippen molar-refractivity contribution in [1.29, 1.82) is 0 Å². The molecule has 0 spiro atoms. The second kappa shape index (κ2) is 6.10. The van der Waals surface area contributed by atoms with Gasteiger partial charge in [-0.25, -0.2) is 4.39 Å². The van der Waals surface area contributed by atoms with E-state index in [2.05, 4.69) is 10.1 Å². The average molecular weight is 286 g/mol. The number of benzene rings is 1. The maximum absolute atomic E-state index is 13.6. The van der Waals surface area contributed by atoms with Crippen molar-refractivity contribution in [2.45, 2.75) is 12.5 Å². The topological polar surface area (TPSA) is 74.2 Å². The van der Waals surface area contributed by atoms with E-state index in [1.807, 2.05) is 0 Å². The van der Waals surface area contributed by atoms with Crippen LogP contribution in [0, 0.1) is 5.82 Å². The van der Waals surface area contributed by atoms with Gasteiger partial charge in [-0.2, -0.15) is 4.98 Å². The standard InChI is InChI=1S/C12H13ClFN3O2/c1-18-10(6-15)12-16-11(17-19-12)5-7-8(13)3-2-4-9(7)14/h2-4,10H,5-6,15H2,1H3. The minimum absolute atomic E-state index is 0.149. The first kappa shape index (κ1) is 13.9. The van der Waals surface area contributed by atoms with Crippen LogP contribution in [0.15, 0.2) is 22.7 Å². The number of aromatic nitrogens is 2. The van der Waals surface area contributed by atoms with E-state index in [0.29, 0.717) is 16.4 Å². The first-order chi connectivity index (χ1) is 9.15. The van der Waals surface area contributed by atoms with Crippen LogP contribution in [0.4, 0.5) is 4.39 Å². The Labute approximate surface area is 114 Å². The minimum atomic E-state index is -0.461. The summed E-state index contributed by atoms with van der Waals surface area (Å²) in [6, 6.07) is 4.48. The Balaban J connectivity index is 2.20. The molecule has 1 aromatic carbocycles. The molecule has 0 fully saturated rings. The van der Waals surface area contributed by atoms with Crippen molar-refractivity contribution < 1.29 is 13.7 Å². The summed E-state index contributed by atoms with van der Waals surface area (Å²) in [5, 5.41) is 4.09. The highest BCUT2D eigenvalue weighted by atomic mass is 35.5. The quantitative estimate of drug-likeness (QED) is 0.910. The van der Waals surface area contributed by atoms with E-state index in [1.54, 1.807) is 6.07 Å². The molecule has 2 N–H and O–H groups in total. The molecule has 0 aliphatic rings. The van der Waals surface area contributed by atoms with Crippen LogP contribution in [-0.4, -0.2) is 23.8 Å². The molecule has 0 radical (unpaired) electrons. The zero-order chi connectivity index (χ0) is 13.8. The van der Waals surface area contributed by atoms with E-state index in [0.717, 1.165) is 0 Å². The zero-order valence-electron chi connectivity index (χ0n) is 10.3. The smallest absolute Gasteiger partial charge is 0.257 e. The number of methoxy groups -OCH3 is 1. The zero-order valence-corrected chi connectivity index (χ0v) is 11.0. The summed E-state index contributed by atoms with van der Waals surface area (Å²) >= 11 is 5.93. The van der Waals surface area contributed by atoms with Crippen molar-refractivity contribution in [2.24, 2.45) is 5.73 Å². The molecular formula is C12H13ClFN3O2. The van der Waals surface area contributed by atoms with E-state index < -0.39 is 11.9 Å². The maximum Gasteiger partial charge on any atom is 0.257 e. The monoisotopic (exact) mass is 285 g/mol. The van der Waals surface area contributed by atoms with Gasteiger partial charge < -0.3 is 15.0 Å². The number of hydrogen-bond acceptors (Lipinski definition) is 5. The van der Waals surface area contributed by atoms with Gasteiger partial charge in [0, 0.05) is 30.7 Å². The van der Waals surface area contributed by atoms with E-state index >= 15 is 0 Å². The Hall–Kier alpha value is -1.50. The molecule has 0 amide bonds. The van der Waals surface area contributed by atoms with Crippen molar-refractivity contribution in [1.82, 2.24) is 10.1 Å². The Morgan fingerprint density at radius 2 is 2.32 bits per heavy atom. The first-order valence-electron chi connectivity index (χ1n) is 5.64. The summed E-state index contributed by atoms with van der Waals surface area (Å²) in [5.41, 5.74) is 5.82. The lowest BCUT2D eigenvalue weighted by atomic mass is 10.1. The molecular weight excluding hydrogens is 273 g/mol. The van der Waals surface area contributed by atoms with Crippen molar-refractivity contribution in [3.8, 4) is 0 Å². The molecule has 0 aliphatic carbocycles. The van der Waals surface area contributed by atoms with Gasteiger partial charge >= 0.3 is 0 Å². The number of ether oxygens (including phenoxy) is 1. The average Bonchev–Trinajstić information content (AvgIpc) is 2.84. The summed E-state index contributed by atoms with van der Waals surface area (Å²) in [6.45, 7) is 0.221. The lowest BCUT2D eigenvalue weighted by molar-refractivity contribution is 0.0804. The second-order valence-corrected chi connectivity index (χ2v) is 4.29. The number of nitrogens with two attached hydrogens (primary N) is 1. The fourth-order valence-corrected chi connectivity index (χ4v) is 1.86. The van der Waals surface area contributed by atoms with Gasteiger partial charge in [0.2, 0.25) is 0 Å². The first-order valence-corrected chi connectivity index (χ1v) is 6.01. The van der Waals surface area contributed by atoms with Crippen LogP contribution < -0.4 is 5.73 Å². The maximum atomic E-state index is 13.6. The van der Waals surface area contributed by atoms with Crippen LogP contribution >= 0.6 is 11.6 Å². The van der Waals surface area contributed by atoms with Crippen molar-refractivity contribution in [3.05, 3.63) is 46.3 Å². The SMILES string of the molecule is COC(CN)c1nc(Cc2c(F)cccc2Cl)no1.